The van der Waals surface area contributed by atoms with Gasteiger partial charge in [0.25, 0.3) is 0 Å². The molecule has 18 heavy (non-hydrogen) atoms. The van der Waals surface area contributed by atoms with Crippen LogP contribution in [0.3, 0.4) is 0 Å². The molecule has 0 spiro atoms. The van der Waals surface area contributed by atoms with Crippen molar-refractivity contribution in [2.24, 2.45) is 0 Å². The van der Waals surface area contributed by atoms with Crippen molar-refractivity contribution >= 4 is 17.7 Å². The molecule has 0 saturated heterocycles. The van der Waals surface area contributed by atoms with E-state index in [9.17, 15) is 9.90 Å². The Morgan fingerprint density at radius 2 is 1.94 bits per heavy atom. The maximum Gasteiger partial charge on any atom is 0.235 e. The van der Waals surface area contributed by atoms with Crippen LogP contribution in [0.15, 0.2) is 35.2 Å². The zero-order valence-electron chi connectivity index (χ0n) is 11.4. The van der Waals surface area contributed by atoms with Gasteiger partial charge in [0.2, 0.25) is 5.91 Å². The molecular formula is C14H21NO2S. The summed E-state index contributed by atoms with van der Waals surface area (Å²) in [4.78, 5) is 14.8. The summed E-state index contributed by atoms with van der Waals surface area (Å²) in [5.41, 5.74) is -0.860. The highest BCUT2D eigenvalue weighted by molar-refractivity contribution is 8.00. The van der Waals surface area contributed by atoms with Crippen LogP contribution in [0.5, 0.6) is 0 Å². The molecule has 1 amide bonds. The van der Waals surface area contributed by atoms with Crippen LogP contribution in [0.1, 0.15) is 20.8 Å². The average Bonchev–Trinajstić information content (AvgIpc) is 2.27. The maximum atomic E-state index is 12.1. The molecule has 1 aromatic carbocycles. The largest absolute Gasteiger partial charge is 0.389 e. The van der Waals surface area contributed by atoms with Crippen molar-refractivity contribution in [3.8, 4) is 0 Å². The number of likely N-dealkylation sites (N-methyl/N-ethyl adjacent to an activating group) is 1. The van der Waals surface area contributed by atoms with Crippen LogP contribution in [-0.2, 0) is 4.79 Å². The fourth-order valence-electron chi connectivity index (χ4n) is 1.72. The number of hydrogen-bond acceptors (Lipinski definition) is 3. The van der Waals surface area contributed by atoms with Gasteiger partial charge in [0.05, 0.1) is 10.9 Å². The first-order chi connectivity index (χ1) is 8.29. The van der Waals surface area contributed by atoms with Crippen molar-refractivity contribution in [2.75, 3.05) is 13.6 Å². The Labute approximate surface area is 113 Å². The molecule has 1 aromatic rings. The third kappa shape index (κ3) is 5.10. The Balaban J connectivity index is 2.56. The standard InChI is InChI=1S/C14H21NO2S/c1-11(18-12-8-6-5-7-9-12)13(16)15(4)10-14(2,3)17/h5-9,11,17H,10H2,1-4H3. The van der Waals surface area contributed by atoms with Gasteiger partial charge in [-0.05, 0) is 32.9 Å². The molecule has 0 bridgehead atoms. The van der Waals surface area contributed by atoms with Gasteiger partial charge >= 0.3 is 0 Å². The molecule has 1 atom stereocenters. The number of thioether (sulfide) groups is 1. The lowest BCUT2D eigenvalue weighted by Gasteiger charge is -2.27. The van der Waals surface area contributed by atoms with Gasteiger partial charge < -0.3 is 10.0 Å². The van der Waals surface area contributed by atoms with Crippen molar-refractivity contribution in [2.45, 2.75) is 36.5 Å². The van der Waals surface area contributed by atoms with E-state index in [1.54, 1.807) is 25.8 Å². The minimum absolute atomic E-state index is 0.0333. The molecule has 1 unspecified atom stereocenters. The number of aliphatic hydroxyl groups is 1. The van der Waals surface area contributed by atoms with E-state index in [4.69, 9.17) is 0 Å². The van der Waals surface area contributed by atoms with Crippen LogP contribution < -0.4 is 0 Å². The van der Waals surface area contributed by atoms with Crippen LogP contribution in [0, 0.1) is 0 Å². The van der Waals surface area contributed by atoms with Crippen LogP contribution in [0.4, 0.5) is 0 Å². The van der Waals surface area contributed by atoms with Crippen LogP contribution in [0.25, 0.3) is 0 Å². The predicted octanol–water partition coefficient (Wildman–Crippen LogP) is 2.40. The molecule has 0 aromatic heterocycles. The molecule has 100 valence electrons. The summed E-state index contributed by atoms with van der Waals surface area (Å²) in [5, 5.41) is 9.55. The summed E-state index contributed by atoms with van der Waals surface area (Å²) in [7, 11) is 1.72. The summed E-state index contributed by atoms with van der Waals surface area (Å²) < 4.78 is 0. The third-order valence-corrected chi connectivity index (χ3v) is 3.50. The number of rotatable bonds is 5. The van der Waals surface area contributed by atoms with Gasteiger partial charge in [-0.1, -0.05) is 18.2 Å². The summed E-state index contributed by atoms with van der Waals surface area (Å²) in [5.74, 6) is 0.0333. The minimum atomic E-state index is -0.860. The SMILES string of the molecule is CC(Sc1ccccc1)C(=O)N(C)CC(C)(C)O. The molecule has 1 rings (SSSR count). The second kappa shape index (κ2) is 6.25. The Morgan fingerprint density at radius 3 is 2.44 bits per heavy atom. The van der Waals surface area contributed by atoms with Crippen LogP contribution in [0.2, 0.25) is 0 Å². The minimum Gasteiger partial charge on any atom is -0.389 e. The van der Waals surface area contributed by atoms with E-state index in [-0.39, 0.29) is 11.2 Å². The Hall–Kier alpha value is -1.00. The van der Waals surface area contributed by atoms with Crippen molar-refractivity contribution in [1.29, 1.82) is 0 Å². The fourth-order valence-corrected chi connectivity index (χ4v) is 2.73. The molecule has 0 aliphatic heterocycles. The highest BCUT2D eigenvalue weighted by Gasteiger charge is 2.23. The lowest BCUT2D eigenvalue weighted by Crippen LogP contribution is -2.42. The lowest BCUT2D eigenvalue weighted by molar-refractivity contribution is -0.131. The van der Waals surface area contributed by atoms with E-state index < -0.39 is 5.60 Å². The number of carbonyl (C=O) groups excluding carboxylic acids is 1. The van der Waals surface area contributed by atoms with E-state index in [0.717, 1.165) is 4.90 Å². The molecule has 0 aliphatic rings. The van der Waals surface area contributed by atoms with E-state index in [2.05, 4.69) is 0 Å². The first-order valence-electron chi connectivity index (χ1n) is 5.98. The second-order valence-corrected chi connectivity index (χ2v) is 6.49. The first kappa shape index (κ1) is 15.1. The second-order valence-electron chi connectivity index (χ2n) is 5.08. The fraction of sp³-hybridized carbons (Fsp3) is 0.500. The summed E-state index contributed by atoms with van der Waals surface area (Å²) in [6.07, 6.45) is 0. The number of nitrogens with zero attached hydrogens (tertiary/aromatic N) is 1. The van der Waals surface area contributed by atoms with Crippen molar-refractivity contribution in [3.63, 3.8) is 0 Å². The van der Waals surface area contributed by atoms with Crippen molar-refractivity contribution in [3.05, 3.63) is 30.3 Å². The van der Waals surface area contributed by atoms with E-state index >= 15 is 0 Å². The molecular weight excluding hydrogens is 246 g/mol. The monoisotopic (exact) mass is 267 g/mol. The zero-order valence-corrected chi connectivity index (χ0v) is 12.2. The van der Waals surface area contributed by atoms with Crippen molar-refractivity contribution in [1.82, 2.24) is 4.90 Å². The molecule has 0 fully saturated rings. The van der Waals surface area contributed by atoms with Gasteiger partial charge in [-0.2, -0.15) is 0 Å². The van der Waals surface area contributed by atoms with E-state index in [1.807, 2.05) is 37.3 Å². The number of carbonyl (C=O) groups is 1. The molecule has 0 aliphatic carbocycles. The topological polar surface area (TPSA) is 40.5 Å². The Morgan fingerprint density at radius 1 is 1.39 bits per heavy atom. The van der Waals surface area contributed by atoms with Gasteiger partial charge in [-0.25, -0.2) is 0 Å². The number of hydrogen-bond donors (Lipinski definition) is 1. The summed E-state index contributed by atoms with van der Waals surface area (Å²) in [6.45, 7) is 5.63. The molecule has 0 radical (unpaired) electrons. The Bertz CT molecular complexity index is 387. The van der Waals surface area contributed by atoms with Gasteiger partial charge in [-0.3, -0.25) is 4.79 Å². The van der Waals surface area contributed by atoms with Crippen LogP contribution in [-0.4, -0.2) is 40.4 Å². The Kier molecular flexibility index (Phi) is 5.23. The highest BCUT2D eigenvalue weighted by Crippen LogP contribution is 2.24. The normalized spacial score (nSPS) is 13.2. The molecule has 0 heterocycles. The molecule has 4 heteroatoms. The van der Waals surface area contributed by atoms with Gasteiger partial charge in [0.1, 0.15) is 0 Å². The van der Waals surface area contributed by atoms with Gasteiger partial charge in [0, 0.05) is 18.5 Å². The number of amides is 1. The molecule has 1 N–H and O–H groups in total. The zero-order chi connectivity index (χ0) is 13.8. The van der Waals surface area contributed by atoms with E-state index in [0.29, 0.717) is 6.54 Å². The van der Waals surface area contributed by atoms with Gasteiger partial charge in [0.15, 0.2) is 0 Å². The van der Waals surface area contributed by atoms with Crippen LogP contribution >= 0.6 is 11.8 Å². The lowest BCUT2D eigenvalue weighted by atomic mass is 10.1. The predicted molar refractivity (Wildman–Crippen MR) is 75.7 cm³/mol. The summed E-state index contributed by atoms with van der Waals surface area (Å²) >= 11 is 1.53. The third-order valence-electron chi connectivity index (χ3n) is 2.40. The quantitative estimate of drug-likeness (QED) is 0.833. The molecule has 3 nitrogen and oxygen atoms in total. The number of benzene rings is 1. The maximum absolute atomic E-state index is 12.1. The highest BCUT2D eigenvalue weighted by atomic mass is 32.2. The summed E-state index contributed by atoms with van der Waals surface area (Å²) in [6, 6.07) is 9.85. The first-order valence-corrected chi connectivity index (χ1v) is 6.86. The van der Waals surface area contributed by atoms with Crippen molar-refractivity contribution < 1.29 is 9.90 Å². The smallest absolute Gasteiger partial charge is 0.235 e. The van der Waals surface area contributed by atoms with E-state index in [1.165, 1.54) is 11.8 Å². The van der Waals surface area contributed by atoms with Gasteiger partial charge in [-0.15, -0.1) is 11.8 Å². The molecule has 0 saturated carbocycles. The average molecular weight is 267 g/mol.